The van der Waals surface area contributed by atoms with Gasteiger partial charge in [0.25, 0.3) is 0 Å². The van der Waals surface area contributed by atoms with Gasteiger partial charge in [0.05, 0.1) is 0 Å². The molecule has 3 fully saturated rings. The lowest BCUT2D eigenvalue weighted by Crippen LogP contribution is -2.62. The zero-order chi connectivity index (χ0) is 7.47. The predicted octanol–water partition coefficient (Wildman–Crippen LogP) is 1.74. The van der Waals surface area contributed by atoms with E-state index in [1.54, 1.807) is 12.8 Å². The van der Waals surface area contributed by atoms with Crippen LogP contribution in [0.1, 0.15) is 25.7 Å². The predicted molar refractivity (Wildman–Crippen MR) is 45.4 cm³/mol. The maximum absolute atomic E-state index is 2.55. The Bertz CT molecular complexity index is 167. The van der Waals surface area contributed by atoms with E-state index < -0.39 is 0 Å². The van der Waals surface area contributed by atoms with E-state index in [0.717, 1.165) is 17.3 Å². The Kier molecular flexibility index (Phi) is 1.07. The van der Waals surface area contributed by atoms with E-state index in [1.165, 1.54) is 25.9 Å². The number of nitrogens with zero attached hydrogens (tertiary/aromatic N) is 1. The van der Waals surface area contributed by atoms with Crippen LogP contribution >= 0.6 is 0 Å². The van der Waals surface area contributed by atoms with E-state index in [9.17, 15) is 0 Å². The molecule has 62 valence electrons. The SMILES string of the molecule is CN1C[C@@H]2CCC23CC[C@H]3C1. The largest absolute Gasteiger partial charge is 0.306 e. The van der Waals surface area contributed by atoms with Crippen molar-refractivity contribution in [1.29, 1.82) is 0 Å². The molecule has 1 heterocycles. The molecule has 1 nitrogen and oxygen atoms in total. The molecule has 1 aliphatic heterocycles. The Morgan fingerprint density at radius 3 is 2.00 bits per heavy atom. The molecule has 2 aliphatic carbocycles. The summed E-state index contributed by atoms with van der Waals surface area (Å²) in [5.41, 5.74) is 0.895. The van der Waals surface area contributed by atoms with E-state index in [0.29, 0.717) is 0 Å². The Morgan fingerprint density at radius 2 is 1.64 bits per heavy atom. The van der Waals surface area contributed by atoms with E-state index in [2.05, 4.69) is 11.9 Å². The van der Waals surface area contributed by atoms with Gasteiger partial charge in [-0.05, 0) is 50.0 Å². The Labute approximate surface area is 68.8 Å². The number of hydrogen-bond donors (Lipinski definition) is 0. The van der Waals surface area contributed by atoms with Crippen LogP contribution in [0.5, 0.6) is 0 Å². The summed E-state index contributed by atoms with van der Waals surface area (Å²) in [6.45, 7) is 2.80. The van der Waals surface area contributed by atoms with Gasteiger partial charge >= 0.3 is 0 Å². The van der Waals surface area contributed by atoms with Crippen molar-refractivity contribution < 1.29 is 0 Å². The highest BCUT2D eigenvalue weighted by atomic mass is 15.1. The molecule has 11 heavy (non-hydrogen) atoms. The van der Waals surface area contributed by atoms with Crippen LogP contribution in [0.2, 0.25) is 0 Å². The molecule has 0 radical (unpaired) electrons. The summed E-state index contributed by atoms with van der Waals surface area (Å²) in [6.07, 6.45) is 6.19. The van der Waals surface area contributed by atoms with Gasteiger partial charge in [-0.25, -0.2) is 0 Å². The van der Waals surface area contributed by atoms with Gasteiger partial charge in [0.1, 0.15) is 0 Å². The van der Waals surface area contributed by atoms with Gasteiger partial charge in [-0.1, -0.05) is 0 Å². The third-order valence-electron chi connectivity index (χ3n) is 4.61. The monoisotopic (exact) mass is 151 g/mol. The van der Waals surface area contributed by atoms with Gasteiger partial charge in [-0.3, -0.25) is 0 Å². The van der Waals surface area contributed by atoms with E-state index in [1.807, 2.05) is 0 Å². The van der Waals surface area contributed by atoms with Crippen LogP contribution in [-0.2, 0) is 0 Å². The highest BCUT2D eigenvalue weighted by Crippen LogP contribution is 2.65. The smallest absolute Gasteiger partial charge is 0.00122 e. The van der Waals surface area contributed by atoms with Crippen LogP contribution in [0.15, 0.2) is 0 Å². The summed E-state index contributed by atoms with van der Waals surface area (Å²) < 4.78 is 0. The molecule has 0 aromatic rings. The fourth-order valence-corrected chi connectivity index (χ4v) is 3.68. The highest BCUT2D eigenvalue weighted by Gasteiger charge is 2.59. The number of piperidine rings is 1. The first kappa shape index (κ1) is 6.47. The maximum Gasteiger partial charge on any atom is 0.00122 e. The van der Waals surface area contributed by atoms with Crippen LogP contribution in [0.25, 0.3) is 0 Å². The molecule has 0 unspecified atom stereocenters. The van der Waals surface area contributed by atoms with E-state index >= 15 is 0 Å². The Hall–Kier alpha value is -0.0400. The average molecular weight is 151 g/mol. The normalized spacial score (nSPS) is 55.4. The van der Waals surface area contributed by atoms with Crippen molar-refractivity contribution in [2.45, 2.75) is 25.7 Å². The lowest BCUT2D eigenvalue weighted by atomic mass is 9.43. The van der Waals surface area contributed by atoms with Crippen LogP contribution < -0.4 is 0 Å². The number of likely N-dealkylation sites (tertiary alicyclic amines) is 1. The third-order valence-corrected chi connectivity index (χ3v) is 4.61. The summed E-state index contributed by atoms with van der Waals surface area (Å²) in [5.74, 6) is 2.19. The summed E-state index contributed by atoms with van der Waals surface area (Å²) in [4.78, 5) is 2.55. The minimum Gasteiger partial charge on any atom is -0.306 e. The second-order valence-corrected chi connectivity index (χ2v) is 4.93. The molecule has 1 saturated heterocycles. The van der Waals surface area contributed by atoms with Crippen molar-refractivity contribution in [1.82, 2.24) is 4.90 Å². The van der Waals surface area contributed by atoms with Gasteiger partial charge in [-0.2, -0.15) is 0 Å². The first-order chi connectivity index (χ1) is 5.31. The molecule has 2 saturated carbocycles. The van der Waals surface area contributed by atoms with Crippen LogP contribution in [0, 0.1) is 17.3 Å². The average Bonchev–Trinajstić information content (AvgIpc) is 1.89. The fourth-order valence-electron chi connectivity index (χ4n) is 3.68. The van der Waals surface area contributed by atoms with Crippen molar-refractivity contribution in [3.05, 3.63) is 0 Å². The molecular formula is C10H17N. The summed E-state index contributed by atoms with van der Waals surface area (Å²) in [6, 6.07) is 0. The van der Waals surface area contributed by atoms with E-state index in [-0.39, 0.29) is 0 Å². The van der Waals surface area contributed by atoms with Crippen LogP contribution in [0.3, 0.4) is 0 Å². The van der Waals surface area contributed by atoms with E-state index in [4.69, 9.17) is 0 Å². The van der Waals surface area contributed by atoms with Crippen molar-refractivity contribution >= 4 is 0 Å². The molecule has 3 aliphatic rings. The number of hydrogen-bond acceptors (Lipinski definition) is 1. The minimum atomic E-state index is 0.895. The van der Waals surface area contributed by atoms with Gasteiger partial charge < -0.3 is 4.90 Å². The van der Waals surface area contributed by atoms with Gasteiger partial charge in [0.2, 0.25) is 0 Å². The Morgan fingerprint density at radius 1 is 1.09 bits per heavy atom. The molecule has 1 spiro atoms. The minimum absolute atomic E-state index is 0.895. The lowest BCUT2D eigenvalue weighted by molar-refractivity contribution is -0.161. The molecule has 3 rings (SSSR count). The fraction of sp³-hybridized carbons (Fsp3) is 1.00. The molecule has 0 aromatic carbocycles. The second-order valence-electron chi connectivity index (χ2n) is 4.93. The van der Waals surface area contributed by atoms with Crippen molar-refractivity contribution in [3.63, 3.8) is 0 Å². The molecular weight excluding hydrogens is 134 g/mol. The summed E-state index contributed by atoms with van der Waals surface area (Å²) in [5, 5.41) is 0. The van der Waals surface area contributed by atoms with Gasteiger partial charge in [0, 0.05) is 13.1 Å². The zero-order valence-corrected chi connectivity index (χ0v) is 7.34. The third kappa shape index (κ3) is 0.618. The van der Waals surface area contributed by atoms with Crippen molar-refractivity contribution in [2.24, 2.45) is 17.3 Å². The standard InChI is InChI=1S/C10H17N/c1-11-6-8-2-4-10(8)5-3-9(10)7-11/h8-9H,2-7H2,1H3/t8-,9-,10?/m0/s1. The molecule has 0 aromatic heterocycles. The first-order valence-corrected chi connectivity index (χ1v) is 5.00. The molecule has 2 atom stereocenters. The molecule has 0 bridgehead atoms. The van der Waals surface area contributed by atoms with Crippen molar-refractivity contribution in [3.8, 4) is 0 Å². The molecule has 1 heteroatoms. The maximum atomic E-state index is 2.55. The molecule has 0 amide bonds. The Balaban J connectivity index is 1.85. The lowest BCUT2D eigenvalue weighted by Gasteiger charge is -2.66. The second kappa shape index (κ2) is 1.82. The number of rotatable bonds is 0. The summed E-state index contributed by atoms with van der Waals surface area (Å²) >= 11 is 0. The highest BCUT2D eigenvalue weighted by molar-refractivity contribution is 5.09. The molecule has 0 N–H and O–H groups in total. The zero-order valence-electron chi connectivity index (χ0n) is 7.34. The first-order valence-electron chi connectivity index (χ1n) is 5.00. The summed E-state index contributed by atoms with van der Waals surface area (Å²) in [7, 11) is 2.29. The van der Waals surface area contributed by atoms with Crippen molar-refractivity contribution in [2.75, 3.05) is 20.1 Å². The van der Waals surface area contributed by atoms with Gasteiger partial charge in [-0.15, -0.1) is 0 Å². The van der Waals surface area contributed by atoms with Gasteiger partial charge in [0.15, 0.2) is 0 Å². The quantitative estimate of drug-likeness (QED) is 0.509. The van der Waals surface area contributed by atoms with Crippen LogP contribution in [-0.4, -0.2) is 25.0 Å². The van der Waals surface area contributed by atoms with Crippen LogP contribution in [0.4, 0.5) is 0 Å². The topological polar surface area (TPSA) is 3.24 Å².